The normalized spacial score (nSPS) is 17.9. The van der Waals surface area contributed by atoms with E-state index in [0.29, 0.717) is 40.6 Å². The first kappa shape index (κ1) is 20.7. The van der Waals surface area contributed by atoms with Crippen molar-refractivity contribution in [2.45, 2.75) is 30.5 Å². The van der Waals surface area contributed by atoms with Gasteiger partial charge < -0.3 is 5.11 Å². The van der Waals surface area contributed by atoms with Crippen molar-refractivity contribution in [2.75, 3.05) is 5.75 Å². The summed E-state index contributed by atoms with van der Waals surface area (Å²) in [6.45, 7) is 0. The number of benzene rings is 1. The van der Waals surface area contributed by atoms with Crippen LogP contribution in [0.2, 0.25) is 5.02 Å². The third-order valence-corrected chi connectivity index (χ3v) is 5.81. The molecule has 0 bridgehead atoms. The Morgan fingerprint density at radius 3 is 2.54 bits per heavy atom. The predicted molar refractivity (Wildman–Crippen MR) is 103 cm³/mol. The molecule has 148 valence electrons. The van der Waals surface area contributed by atoms with Crippen molar-refractivity contribution in [3.8, 4) is 0 Å². The van der Waals surface area contributed by atoms with Gasteiger partial charge in [0.1, 0.15) is 5.76 Å². The number of aliphatic hydroxyl groups excluding tert-OH is 1. The average molecular weight is 428 g/mol. The molecule has 0 saturated carbocycles. The molecule has 0 amide bonds. The Morgan fingerprint density at radius 1 is 1.18 bits per heavy atom. The fourth-order valence-corrected chi connectivity index (χ4v) is 4.29. The van der Waals surface area contributed by atoms with Crippen molar-refractivity contribution in [2.24, 2.45) is 5.92 Å². The van der Waals surface area contributed by atoms with Crippen LogP contribution in [-0.2, 0) is 11.0 Å². The quantitative estimate of drug-likeness (QED) is 0.578. The molecule has 0 fully saturated rings. The third-order valence-electron chi connectivity index (χ3n) is 4.51. The van der Waals surface area contributed by atoms with Gasteiger partial charge in [-0.25, -0.2) is 4.98 Å². The lowest BCUT2D eigenvalue weighted by Gasteiger charge is -2.24. The maximum Gasteiger partial charge on any atom is 0.417 e. The number of halogens is 4. The second-order valence-electron chi connectivity index (χ2n) is 6.52. The van der Waals surface area contributed by atoms with Gasteiger partial charge in [-0.05, 0) is 36.3 Å². The highest BCUT2D eigenvalue weighted by molar-refractivity contribution is 7.99. The number of rotatable bonds is 5. The number of hydrogen-bond acceptors (Lipinski definition) is 4. The molecular formula is C20H17ClF3NO2S. The van der Waals surface area contributed by atoms with E-state index in [9.17, 15) is 23.1 Å². The van der Waals surface area contributed by atoms with Gasteiger partial charge in [0.05, 0.1) is 16.2 Å². The van der Waals surface area contributed by atoms with Gasteiger partial charge in [0.2, 0.25) is 0 Å². The van der Waals surface area contributed by atoms with E-state index in [4.69, 9.17) is 11.6 Å². The molecule has 2 aromatic rings. The molecule has 0 saturated heterocycles. The monoisotopic (exact) mass is 427 g/mol. The minimum absolute atomic E-state index is 0.0271. The van der Waals surface area contributed by atoms with E-state index in [1.165, 1.54) is 17.8 Å². The van der Waals surface area contributed by atoms with Gasteiger partial charge in [0.15, 0.2) is 5.78 Å². The van der Waals surface area contributed by atoms with Crippen molar-refractivity contribution in [1.82, 2.24) is 4.98 Å². The highest BCUT2D eigenvalue weighted by atomic mass is 35.5. The second-order valence-corrected chi connectivity index (χ2v) is 8.04. The highest BCUT2D eigenvalue weighted by Gasteiger charge is 2.31. The summed E-state index contributed by atoms with van der Waals surface area (Å²) in [5, 5.41) is 11.3. The maximum absolute atomic E-state index is 12.6. The van der Waals surface area contributed by atoms with Crippen molar-refractivity contribution in [1.29, 1.82) is 0 Å². The molecule has 1 N–H and O–H groups in total. The van der Waals surface area contributed by atoms with Crippen LogP contribution in [0.3, 0.4) is 0 Å². The second kappa shape index (κ2) is 8.57. The minimum Gasteiger partial charge on any atom is -0.512 e. The summed E-state index contributed by atoms with van der Waals surface area (Å²) in [5.41, 5.74) is 0.0317. The number of aliphatic hydroxyl groups is 1. The molecule has 3 rings (SSSR count). The first-order valence-corrected chi connectivity index (χ1v) is 9.98. The number of carbonyl (C=O) groups excluding carboxylic acids is 1. The molecular weight excluding hydrogens is 411 g/mol. The van der Waals surface area contributed by atoms with Crippen LogP contribution in [0.15, 0.2) is 53.4 Å². The van der Waals surface area contributed by atoms with Crippen LogP contribution < -0.4 is 0 Å². The minimum atomic E-state index is -4.40. The van der Waals surface area contributed by atoms with Crippen molar-refractivity contribution in [3.63, 3.8) is 0 Å². The lowest BCUT2D eigenvalue weighted by Crippen LogP contribution is -2.19. The third kappa shape index (κ3) is 4.89. The number of nitrogens with zero attached hydrogens (tertiary/aromatic N) is 1. The number of ketones is 1. The lowest BCUT2D eigenvalue weighted by atomic mass is 9.83. The molecule has 1 atom stereocenters. The summed E-state index contributed by atoms with van der Waals surface area (Å²) in [5.74, 6) is 0.442. The highest BCUT2D eigenvalue weighted by Crippen LogP contribution is 2.37. The number of Topliss-reactive ketones (excluding diaryl/α,β-unsaturated/α-hetero) is 1. The van der Waals surface area contributed by atoms with E-state index in [1.54, 1.807) is 24.3 Å². The molecule has 0 spiro atoms. The molecule has 1 aromatic heterocycles. The zero-order valence-electron chi connectivity index (χ0n) is 14.7. The number of carbonyl (C=O) groups is 1. The summed E-state index contributed by atoms with van der Waals surface area (Å²) in [4.78, 5) is 16.4. The zero-order valence-corrected chi connectivity index (χ0v) is 16.2. The summed E-state index contributed by atoms with van der Waals surface area (Å²) in [7, 11) is 0. The Labute approximate surface area is 169 Å². The molecule has 1 aliphatic carbocycles. The van der Waals surface area contributed by atoms with Crippen LogP contribution in [0.25, 0.3) is 5.57 Å². The first-order chi connectivity index (χ1) is 13.3. The van der Waals surface area contributed by atoms with E-state index in [2.05, 4.69) is 4.98 Å². The molecule has 3 nitrogen and oxygen atoms in total. The summed E-state index contributed by atoms with van der Waals surface area (Å²) < 4.78 is 37.7. The van der Waals surface area contributed by atoms with Gasteiger partial charge in [-0.2, -0.15) is 13.2 Å². The SMILES string of the molecule is O=C1CC(CCSc2ccc(C(F)(F)F)cn2)CC(O)=C1c1ccccc1Cl. The van der Waals surface area contributed by atoms with E-state index in [0.717, 1.165) is 12.3 Å². The van der Waals surface area contributed by atoms with Crippen LogP contribution in [0.1, 0.15) is 30.4 Å². The molecule has 1 heterocycles. The van der Waals surface area contributed by atoms with E-state index >= 15 is 0 Å². The lowest BCUT2D eigenvalue weighted by molar-refractivity contribution is -0.137. The Morgan fingerprint density at radius 2 is 1.93 bits per heavy atom. The molecule has 1 aromatic carbocycles. The van der Waals surface area contributed by atoms with Crippen LogP contribution in [0, 0.1) is 5.92 Å². The van der Waals surface area contributed by atoms with Gasteiger partial charge >= 0.3 is 6.18 Å². The molecule has 28 heavy (non-hydrogen) atoms. The smallest absolute Gasteiger partial charge is 0.417 e. The molecule has 8 heteroatoms. The molecule has 1 unspecified atom stereocenters. The summed E-state index contributed by atoms with van der Waals surface area (Å²) in [6.07, 6.45) is -2.28. The first-order valence-electron chi connectivity index (χ1n) is 8.62. The fraction of sp³-hybridized carbons (Fsp3) is 0.300. The number of aromatic nitrogens is 1. The van der Waals surface area contributed by atoms with Gasteiger partial charge in [-0.3, -0.25) is 4.79 Å². The molecule has 0 radical (unpaired) electrons. The van der Waals surface area contributed by atoms with E-state index in [1.807, 2.05) is 0 Å². The number of pyridine rings is 1. The van der Waals surface area contributed by atoms with Crippen LogP contribution in [0.4, 0.5) is 13.2 Å². The van der Waals surface area contributed by atoms with Crippen LogP contribution in [0.5, 0.6) is 0 Å². The van der Waals surface area contributed by atoms with Gasteiger partial charge in [-0.1, -0.05) is 29.8 Å². The van der Waals surface area contributed by atoms with Gasteiger partial charge in [-0.15, -0.1) is 11.8 Å². The Balaban J connectivity index is 1.59. The van der Waals surface area contributed by atoms with E-state index < -0.39 is 11.7 Å². The zero-order chi connectivity index (χ0) is 20.3. The van der Waals surface area contributed by atoms with Crippen molar-refractivity contribution >= 4 is 34.7 Å². The molecule has 0 aliphatic heterocycles. The largest absolute Gasteiger partial charge is 0.512 e. The summed E-state index contributed by atoms with van der Waals surface area (Å²) in [6, 6.07) is 9.24. The predicted octanol–water partition coefficient (Wildman–Crippen LogP) is 6.18. The maximum atomic E-state index is 12.6. The van der Waals surface area contributed by atoms with Crippen LogP contribution >= 0.6 is 23.4 Å². The van der Waals surface area contributed by atoms with Crippen molar-refractivity contribution in [3.05, 3.63) is 64.5 Å². The molecule has 1 aliphatic rings. The van der Waals surface area contributed by atoms with E-state index in [-0.39, 0.29) is 23.0 Å². The Hall–Kier alpha value is -1.99. The standard InChI is InChI=1S/C20H17ClF3NO2S/c21-15-4-2-1-3-14(15)19-16(26)9-12(10-17(19)27)7-8-28-18-6-5-13(11-25-18)20(22,23)24/h1-6,11-12,26H,7-10H2. The fourth-order valence-electron chi connectivity index (χ4n) is 3.11. The van der Waals surface area contributed by atoms with Gasteiger partial charge in [0.25, 0.3) is 0 Å². The summed E-state index contributed by atoms with van der Waals surface area (Å²) >= 11 is 7.46. The Bertz CT molecular complexity index is 897. The number of alkyl halides is 3. The topological polar surface area (TPSA) is 50.2 Å². The average Bonchev–Trinajstić information content (AvgIpc) is 2.62. The number of thioether (sulfide) groups is 1. The Kier molecular flexibility index (Phi) is 6.35. The number of allylic oxidation sites excluding steroid dienone is 2. The van der Waals surface area contributed by atoms with Gasteiger partial charge in [0, 0.05) is 29.6 Å². The van der Waals surface area contributed by atoms with Crippen LogP contribution in [-0.4, -0.2) is 21.6 Å². The van der Waals surface area contributed by atoms with Crippen molar-refractivity contribution < 1.29 is 23.1 Å². The number of hydrogen-bond donors (Lipinski definition) is 1.